The lowest BCUT2D eigenvalue weighted by molar-refractivity contribution is -0.870. The summed E-state index contributed by atoms with van der Waals surface area (Å²) in [6.07, 6.45) is 75.2. The van der Waals surface area contributed by atoms with Crippen molar-refractivity contribution in [1.29, 1.82) is 0 Å². The number of carbonyl (C=O) groups is 2. The molecule has 0 radical (unpaired) electrons. The number of nitrogens with one attached hydrogen (secondary N) is 1. The standard InChI is InChI=1S/C67H119N2O7P/c1-7-10-13-16-19-22-25-28-30-32-33-34-35-37-38-41-44-47-50-53-56-59-66(70)68-64(63-75-77(72,73)74-62-61-69(4,5)6)65(58-55-52-49-46-43-40-27-24-21-18-15-12-9-3)76-67(71)60-57-54-51-48-45-42-39-36-31-29-26-23-20-17-14-11-8-2/h11,14,17,20,23,26,28-31,36,39,42,45,55,58,64-65H,7-10,12-13,15-16,18-19,21-22,24-25,27,32-35,37-38,40-41,43-44,46-54,56-57,59-63H2,1-6H3,(H-,68,70,72,73)/b14-11-,20-17+,26-23+,30-28+,31-29-,39-36+,45-42+,58-55-. The number of phosphoric acid groups is 1. The number of amides is 1. The van der Waals surface area contributed by atoms with Gasteiger partial charge >= 0.3 is 5.97 Å². The first-order chi connectivity index (χ1) is 37.4. The number of unbranched alkanes of at least 4 members (excludes halogenated alkanes) is 31. The summed E-state index contributed by atoms with van der Waals surface area (Å²) in [6.45, 7) is 6.67. The van der Waals surface area contributed by atoms with E-state index < -0.39 is 26.6 Å². The number of rotatable bonds is 56. The number of carbonyl (C=O) groups excluding carboxylic acids is 2. The van der Waals surface area contributed by atoms with Crippen LogP contribution in [0.4, 0.5) is 0 Å². The molecule has 0 bridgehead atoms. The van der Waals surface area contributed by atoms with Gasteiger partial charge in [-0.25, -0.2) is 0 Å². The minimum absolute atomic E-state index is 0.0340. The minimum Gasteiger partial charge on any atom is -0.756 e. The van der Waals surface area contributed by atoms with E-state index in [1.807, 2.05) is 94.1 Å². The summed E-state index contributed by atoms with van der Waals surface area (Å²) in [4.78, 5) is 40.0. The van der Waals surface area contributed by atoms with E-state index in [4.69, 9.17) is 13.8 Å². The van der Waals surface area contributed by atoms with Gasteiger partial charge in [0.2, 0.25) is 5.91 Å². The predicted octanol–water partition coefficient (Wildman–Crippen LogP) is 18.9. The summed E-state index contributed by atoms with van der Waals surface area (Å²) in [5, 5.41) is 3.02. The summed E-state index contributed by atoms with van der Waals surface area (Å²) in [5.74, 6) is -0.593. The third-order valence-corrected chi connectivity index (χ3v) is 14.6. The number of hydrogen-bond donors (Lipinski definition) is 1. The Morgan fingerprint density at radius 2 is 0.844 bits per heavy atom. The molecular formula is C67H119N2O7P. The zero-order chi connectivity index (χ0) is 56.4. The van der Waals surface area contributed by atoms with Crippen molar-refractivity contribution in [1.82, 2.24) is 5.32 Å². The van der Waals surface area contributed by atoms with Crippen LogP contribution < -0.4 is 10.2 Å². The van der Waals surface area contributed by atoms with E-state index >= 15 is 0 Å². The summed E-state index contributed by atoms with van der Waals surface area (Å²) in [6, 6.07) is -0.912. The number of nitrogens with zero attached hydrogens (tertiary/aromatic N) is 1. The molecule has 3 unspecified atom stereocenters. The smallest absolute Gasteiger partial charge is 0.306 e. The summed E-state index contributed by atoms with van der Waals surface area (Å²) >= 11 is 0. The van der Waals surface area contributed by atoms with E-state index in [0.29, 0.717) is 23.9 Å². The Labute approximate surface area is 475 Å². The second kappa shape index (κ2) is 56.2. The average Bonchev–Trinajstić information content (AvgIpc) is 3.39. The molecule has 0 rings (SSSR count). The van der Waals surface area contributed by atoms with Crippen molar-refractivity contribution in [2.75, 3.05) is 40.9 Å². The van der Waals surface area contributed by atoms with Crippen LogP contribution in [-0.2, 0) is 27.9 Å². The van der Waals surface area contributed by atoms with Gasteiger partial charge in [0.05, 0.1) is 33.8 Å². The molecule has 444 valence electrons. The molecule has 0 aliphatic rings. The number of allylic oxidation sites excluding steroid dienone is 15. The van der Waals surface area contributed by atoms with Crippen LogP contribution in [0.15, 0.2) is 97.2 Å². The molecule has 0 spiro atoms. The SMILES string of the molecule is CC\C=C/C=C/C=C/C=C\C=C\C=C\CCCCCC(=O)OC(/C=C\CCCCCCCCCCCCC)C(COP(=O)([O-])OCC[N+](C)(C)C)NC(=O)CCCCCCCCCCCCC/C=C/CCCCCCCC. The zero-order valence-electron chi connectivity index (χ0n) is 50.6. The summed E-state index contributed by atoms with van der Waals surface area (Å²) in [5.41, 5.74) is 0. The van der Waals surface area contributed by atoms with Crippen LogP contribution in [-0.4, -0.2) is 69.4 Å². The average molecular weight is 1100 g/mol. The Bertz CT molecular complexity index is 1640. The first kappa shape index (κ1) is 73.9. The van der Waals surface area contributed by atoms with Crippen LogP contribution in [0.25, 0.3) is 0 Å². The first-order valence-electron chi connectivity index (χ1n) is 31.6. The quantitative estimate of drug-likeness (QED) is 0.0161. The summed E-state index contributed by atoms with van der Waals surface area (Å²) < 4.78 is 30.3. The van der Waals surface area contributed by atoms with E-state index in [9.17, 15) is 19.0 Å². The maximum atomic E-state index is 13.6. The Kier molecular flexibility index (Phi) is 54.0. The largest absolute Gasteiger partial charge is 0.756 e. The van der Waals surface area contributed by atoms with Gasteiger partial charge in [0, 0.05) is 12.8 Å². The number of phosphoric ester groups is 1. The van der Waals surface area contributed by atoms with Crippen molar-refractivity contribution in [3.8, 4) is 0 Å². The lowest BCUT2D eigenvalue weighted by Gasteiger charge is -2.30. The first-order valence-corrected chi connectivity index (χ1v) is 33.1. The van der Waals surface area contributed by atoms with Gasteiger partial charge in [-0.1, -0.05) is 272 Å². The minimum atomic E-state index is -4.72. The Hall–Kier alpha value is -3.07. The van der Waals surface area contributed by atoms with Crippen molar-refractivity contribution in [3.05, 3.63) is 97.2 Å². The molecule has 0 aromatic rings. The van der Waals surface area contributed by atoms with Crippen LogP contribution in [0.2, 0.25) is 0 Å². The lowest BCUT2D eigenvalue weighted by Crippen LogP contribution is -2.47. The Morgan fingerprint density at radius 3 is 1.30 bits per heavy atom. The molecule has 77 heavy (non-hydrogen) atoms. The number of hydrogen-bond acceptors (Lipinski definition) is 7. The highest BCUT2D eigenvalue weighted by Crippen LogP contribution is 2.38. The Morgan fingerprint density at radius 1 is 0.468 bits per heavy atom. The van der Waals surface area contributed by atoms with Crippen molar-refractivity contribution in [3.63, 3.8) is 0 Å². The fraction of sp³-hybridized carbons (Fsp3) is 0.731. The molecule has 9 nitrogen and oxygen atoms in total. The Balaban J connectivity index is 5.32. The molecule has 0 heterocycles. The van der Waals surface area contributed by atoms with Crippen molar-refractivity contribution in [2.45, 2.75) is 277 Å². The third-order valence-electron chi connectivity index (χ3n) is 13.7. The monoisotopic (exact) mass is 1090 g/mol. The highest BCUT2D eigenvalue weighted by molar-refractivity contribution is 7.45. The lowest BCUT2D eigenvalue weighted by atomic mass is 10.0. The van der Waals surface area contributed by atoms with Crippen LogP contribution in [0, 0.1) is 0 Å². The molecule has 0 saturated heterocycles. The molecule has 0 aromatic heterocycles. The fourth-order valence-corrected chi connectivity index (χ4v) is 9.51. The van der Waals surface area contributed by atoms with E-state index in [1.165, 1.54) is 154 Å². The molecule has 0 aliphatic heterocycles. The molecule has 1 N–H and O–H groups in total. The van der Waals surface area contributed by atoms with Crippen LogP contribution in [0.1, 0.15) is 265 Å². The molecule has 3 atom stereocenters. The number of quaternary nitrogens is 1. The summed E-state index contributed by atoms with van der Waals surface area (Å²) in [7, 11) is 1.15. The molecule has 0 saturated carbocycles. The number of ether oxygens (including phenoxy) is 1. The van der Waals surface area contributed by atoms with E-state index in [2.05, 4.69) is 50.4 Å². The molecule has 1 amide bonds. The maximum Gasteiger partial charge on any atom is 0.306 e. The highest BCUT2D eigenvalue weighted by atomic mass is 31.2. The predicted molar refractivity (Wildman–Crippen MR) is 330 cm³/mol. The highest BCUT2D eigenvalue weighted by Gasteiger charge is 2.27. The van der Waals surface area contributed by atoms with Gasteiger partial charge < -0.3 is 28.5 Å². The topological polar surface area (TPSA) is 114 Å². The molecule has 0 aromatic carbocycles. The van der Waals surface area contributed by atoms with Gasteiger partial charge in [0.25, 0.3) is 7.82 Å². The zero-order valence-corrected chi connectivity index (χ0v) is 51.5. The van der Waals surface area contributed by atoms with Crippen LogP contribution in [0.3, 0.4) is 0 Å². The number of esters is 1. The molecule has 0 fully saturated rings. The van der Waals surface area contributed by atoms with E-state index in [-0.39, 0.29) is 24.9 Å². The molecule has 10 heteroatoms. The fourth-order valence-electron chi connectivity index (χ4n) is 8.78. The van der Waals surface area contributed by atoms with Crippen molar-refractivity contribution >= 4 is 19.7 Å². The molecular weight excluding hydrogens is 976 g/mol. The van der Waals surface area contributed by atoms with Gasteiger partial charge in [-0.3, -0.25) is 14.2 Å². The van der Waals surface area contributed by atoms with E-state index in [0.717, 1.165) is 70.6 Å². The second-order valence-electron chi connectivity index (χ2n) is 22.3. The van der Waals surface area contributed by atoms with Gasteiger partial charge in [0.1, 0.15) is 19.3 Å². The third kappa shape index (κ3) is 57.4. The van der Waals surface area contributed by atoms with Gasteiger partial charge in [-0.2, -0.15) is 0 Å². The van der Waals surface area contributed by atoms with E-state index in [1.54, 1.807) is 0 Å². The van der Waals surface area contributed by atoms with Gasteiger partial charge in [-0.15, -0.1) is 0 Å². The van der Waals surface area contributed by atoms with Crippen LogP contribution >= 0.6 is 7.82 Å². The van der Waals surface area contributed by atoms with Crippen LogP contribution in [0.5, 0.6) is 0 Å². The van der Waals surface area contributed by atoms with Crippen molar-refractivity contribution in [2.24, 2.45) is 0 Å². The van der Waals surface area contributed by atoms with Crippen molar-refractivity contribution < 1.29 is 37.3 Å². The maximum absolute atomic E-state index is 13.6. The van der Waals surface area contributed by atoms with Gasteiger partial charge in [-0.05, 0) is 76.7 Å². The molecule has 0 aliphatic carbocycles. The normalized spacial score (nSPS) is 14.3. The number of likely N-dealkylation sites (N-methyl/N-ethyl adjacent to an activating group) is 1. The second-order valence-corrected chi connectivity index (χ2v) is 23.7. The van der Waals surface area contributed by atoms with Gasteiger partial charge in [0.15, 0.2) is 0 Å².